The van der Waals surface area contributed by atoms with Gasteiger partial charge < -0.3 is 4.74 Å². The fourth-order valence-electron chi connectivity index (χ4n) is 1.37. The second-order valence-electron chi connectivity index (χ2n) is 3.53. The fraction of sp³-hybridized carbons (Fsp3) is 0.200. The van der Waals surface area contributed by atoms with Crippen LogP contribution in [-0.2, 0) is 14.8 Å². The number of sulfonamides is 1. The van der Waals surface area contributed by atoms with Crippen molar-refractivity contribution in [3.05, 3.63) is 30.4 Å². The average molecular weight is 297 g/mol. The van der Waals surface area contributed by atoms with Crippen molar-refractivity contribution >= 4 is 21.8 Å². The smallest absolute Gasteiger partial charge is 0.342 e. The van der Waals surface area contributed by atoms with Crippen molar-refractivity contribution in [1.29, 1.82) is 0 Å². The molecule has 0 aromatic carbocycles. The number of aromatic nitrogens is 4. The first-order chi connectivity index (χ1) is 9.54. The SMILES string of the molecule is CCOC(=O)c1cn[nH]c1S(=O)(=O)Nc1ccncn1. The normalized spacial score (nSPS) is 11.1. The number of carbonyl (C=O) groups is 1. The first kappa shape index (κ1) is 13.9. The van der Waals surface area contributed by atoms with Crippen molar-refractivity contribution in [3.63, 3.8) is 0 Å². The highest BCUT2D eigenvalue weighted by molar-refractivity contribution is 7.92. The van der Waals surface area contributed by atoms with E-state index in [9.17, 15) is 13.2 Å². The summed E-state index contributed by atoms with van der Waals surface area (Å²) in [7, 11) is -4.02. The summed E-state index contributed by atoms with van der Waals surface area (Å²) in [6.45, 7) is 1.74. The number of carbonyl (C=O) groups excluding carboxylic acids is 1. The number of aromatic amines is 1. The van der Waals surface area contributed by atoms with Gasteiger partial charge in [0.25, 0.3) is 10.0 Å². The van der Waals surface area contributed by atoms with Crippen molar-refractivity contribution in [1.82, 2.24) is 20.2 Å². The van der Waals surface area contributed by atoms with Crippen LogP contribution in [0.3, 0.4) is 0 Å². The van der Waals surface area contributed by atoms with Gasteiger partial charge in [-0.2, -0.15) is 13.5 Å². The summed E-state index contributed by atoms with van der Waals surface area (Å²) >= 11 is 0. The predicted octanol–water partition coefficient (Wildman–Crippen LogP) is 0.177. The van der Waals surface area contributed by atoms with Crippen LogP contribution < -0.4 is 4.72 Å². The Bertz CT molecular complexity index is 697. The van der Waals surface area contributed by atoms with E-state index in [1.165, 1.54) is 18.6 Å². The van der Waals surface area contributed by atoms with Crippen LogP contribution in [-0.4, -0.2) is 41.2 Å². The van der Waals surface area contributed by atoms with Crippen LogP contribution in [0.5, 0.6) is 0 Å². The Morgan fingerprint density at radius 3 is 2.95 bits per heavy atom. The lowest BCUT2D eigenvalue weighted by Gasteiger charge is -2.06. The largest absolute Gasteiger partial charge is 0.462 e. The summed E-state index contributed by atoms with van der Waals surface area (Å²) < 4.78 is 31.2. The highest BCUT2D eigenvalue weighted by Crippen LogP contribution is 2.16. The third-order valence-corrected chi connectivity index (χ3v) is 3.52. The molecule has 9 nitrogen and oxygen atoms in total. The summed E-state index contributed by atoms with van der Waals surface area (Å²) in [5.41, 5.74) is -0.173. The van der Waals surface area contributed by atoms with Crippen molar-refractivity contribution in [2.45, 2.75) is 11.9 Å². The Labute approximate surface area is 114 Å². The number of hydrogen-bond donors (Lipinski definition) is 2. The second-order valence-corrected chi connectivity index (χ2v) is 5.15. The standard InChI is InChI=1S/C10H11N5O4S/c1-2-19-10(16)7-5-13-14-9(7)20(17,18)15-8-3-4-11-6-12-8/h3-6H,2H2,1H3,(H,13,14)(H,11,12,15). The number of rotatable bonds is 5. The molecule has 2 N–H and O–H groups in total. The Kier molecular flexibility index (Phi) is 3.94. The molecule has 2 aromatic rings. The number of nitrogens with zero attached hydrogens (tertiary/aromatic N) is 3. The zero-order valence-electron chi connectivity index (χ0n) is 10.4. The Morgan fingerprint density at radius 2 is 2.30 bits per heavy atom. The molecule has 0 aliphatic heterocycles. The van der Waals surface area contributed by atoms with Gasteiger partial charge in [0.1, 0.15) is 17.7 Å². The molecule has 10 heteroatoms. The molecule has 0 aliphatic rings. The Morgan fingerprint density at radius 1 is 1.50 bits per heavy atom. The average Bonchev–Trinajstić information content (AvgIpc) is 2.90. The number of nitrogens with one attached hydrogen (secondary N) is 2. The van der Waals surface area contributed by atoms with Crippen LogP contribution >= 0.6 is 0 Å². The molecule has 2 rings (SSSR count). The van der Waals surface area contributed by atoms with Crippen molar-refractivity contribution in [3.8, 4) is 0 Å². The van der Waals surface area contributed by atoms with Gasteiger partial charge in [-0.1, -0.05) is 0 Å². The third-order valence-electron chi connectivity index (χ3n) is 2.19. The molecular formula is C10H11N5O4S. The van der Waals surface area contributed by atoms with Gasteiger partial charge in [-0.15, -0.1) is 0 Å². The van der Waals surface area contributed by atoms with E-state index < -0.39 is 16.0 Å². The number of ether oxygens (including phenoxy) is 1. The minimum absolute atomic E-state index is 0.0735. The minimum atomic E-state index is -4.02. The lowest BCUT2D eigenvalue weighted by atomic mass is 10.4. The van der Waals surface area contributed by atoms with Crippen LogP contribution in [0.15, 0.2) is 29.8 Å². The number of anilines is 1. The van der Waals surface area contributed by atoms with Gasteiger partial charge in [0.2, 0.25) is 0 Å². The summed E-state index contributed by atoms with van der Waals surface area (Å²) in [5.74, 6) is -0.700. The molecule has 2 heterocycles. The molecule has 0 unspecified atom stereocenters. The van der Waals surface area contributed by atoms with Crippen molar-refractivity contribution in [2.24, 2.45) is 0 Å². The molecule has 0 amide bonds. The summed E-state index contributed by atoms with van der Waals surface area (Å²) in [5, 5.41) is 5.44. The zero-order chi connectivity index (χ0) is 14.6. The van der Waals surface area contributed by atoms with Crippen LogP contribution in [0, 0.1) is 0 Å². The molecule has 20 heavy (non-hydrogen) atoms. The summed E-state index contributed by atoms with van der Waals surface area (Å²) in [4.78, 5) is 19.0. The molecule has 0 saturated heterocycles. The first-order valence-electron chi connectivity index (χ1n) is 5.54. The molecule has 0 spiro atoms. The van der Waals surface area contributed by atoms with E-state index in [-0.39, 0.29) is 23.0 Å². The summed E-state index contributed by atoms with van der Waals surface area (Å²) in [6, 6.07) is 1.37. The highest BCUT2D eigenvalue weighted by atomic mass is 32.2. The minimum Gasteiger partial charge on any atom is -0.462 e. The fourth-order valence-corrected chi connectivity index (χ4v) is 2.47. The molecule has 0 saturated carbocycles. The zero-order valence-corrected chi connectivity index (χ0v) is 11.2. The van der Waals surface area contributed by atoms with Gasteiger partial charge in [-0.05, 0) is 13.0 Å². The maximum atomic E-state index is 12.1. The van der Waals surface area contributed by atoms with E-state index in [1.54, 1.807) is 6.92 Å². The van der Waals surface area contributed by atoms with E-state index in [0.717, 1.165) is 6.20 Å². The van der Waals surface area contributed by atoms with Gasteiger partial charge in [0, 0.05) is 6.20 Å². The van der Waals surface area contributed by atoms with Gasteiger partial charge in [0.05, 0.1) is 12.8 Å². The topological polar surface area (TPSA) is 127 Å². The number of H-pyrrole nitrogens is 1. The van der Waals surface area contributed by atoms with Gasteiger partial charge in [-0.3, -0.25) is 9.82 Å². The lowest BCUT2D eigenvalue weighted by molar-refractivity contribution is 0.0522. The van der Waals surface area contributed by atoms with Crippen molar-refractivity contribution in [2.75, 3.05) is 11.3 Å². The third kappa shape index (κ3) is 2.91. The molecule has 0 aliphatic carbocycles. The quantitative estimate of drug-likeness (QED) is 0.753. The summed E-state index contributed by atoms with van der Waals surface area (Å²) in [6.07, 6.45) is 3.66. The van der Waals surface area contributed by atoms with Crippen LogP contribution in [0.1, 0.15) is 17.3 Å². The Balaban J connectivity index is 2.31. The van der Waals surface area contributed by atoms with Crippen LogP contribution in [0.4, 0.5) is 5.82 Å². The van der Waals surface area contributed by atoms with Crippen molar-refractivity contribution < 1.29 is 17.9 Å². The highest BCUT2D eigenvalue weighted by Gasteiger charge is 2.26. The van der Waals surface area contributed by atoms with E-state index in [1.807, 2.05) is 0 Å². The van der Waals surface area contributed by atoms with E-state index in [4.69, 9.17) is 4.74 Å². The van der Waals surface area contributed by atoms with Gasteiger partial charge >= 0.3 is 5.97 Å². The maximum Gasteiger partial charge on any atom is 0.342 e. The monoisotopic (exact) mass is 297 g/mol. The molecule has 0 fully saturated rings. The molecule has 106 valence electrons. The second kappa shape index (κ2) is 5.65. The molecule has 0 radical (unpaired) electrons. The Hall–Kier alpha value is -2.49. The predicted molar refractivity (Wildman–Crippen MR) is 67.4 cm³/mol. The molecule has 0 atom stereocenters. The maximum absolute atomic E-state index is 12.1. The van der Waals surface area contributed by atoms with Gasteiger partial charge in [0.15, 0.2) is 5.03 Å². The van der Waals surface area contributed by atoms with Crippen LogP contribution in [0.2, 0.25) is 0 Å². The number of esters is 1. The molecule has 2 aromatic heterocycles. The molecular weight excluding hydrogens is 286 g/mol. The molecule has 0 bridgehead atoms. The first-order valence-corrected chi connectivity index (χ1v) is 7.02. The lowest BCUT2D eigenvalue weighted by Crippen LogP contribution is -2.18. The van der Waals surface area contributed by atoms with Crippen LogP contribution in [0.25, 0.3) is 0 Å². The van der Waals surface area contributed by atoms with E-state index in [0.29, 0.717) is 0 Å². The van der Waals surface area contributed by atoms with E-state index in [2.05, 4.69) is 24.9 Å². The van der Waals surface area contributed by atoms with E-state index >= 15 is 0 Å². The number of hydrogen-bond acceptors (Lipinski definition) is 7. The van der Waals surface area contributed by atoms with Gasteiger partial charge in [-0.25, -0.2) is 14.8 Å².